The molecular formula is C32H32ClFN4. The van der Waals surface area contributed by atoms with E-state index in [2.05, 4.69) is 81.1 Å². The lowest BCUT2D eigenvalue weighted by Crippen LogP contribution is -2.38. The number of nitrogens with one attached hydrogen (secondary N) is 1. The topological polar surface area (TPSA) is 41.0 Å². The zero-order valence-corrected chi connectivity index (χ0v) is 22.1. The van der Waals surface area contributed by atoms with E-state index in [-0.39, 0.29) is 5.82 Å². The largest absolute Gasteiger partial charge is 0.368 e. The Labute approximate surface area is 228 Å². The van der Waals surface area contributed by atoms with Crippen molar-refractivity contribution in [3.05, 3.63) is 113 Å². The van der Waals surface area contributed by atoms with Crippen LogP contribution in [0.3, 0.4) is 0 Å². The van der Waals surface area contributed by atoms with Crippen LogP contribution in [0.15, 0.2) is 91.0 Å². The van der Waals surface area contributed by atoms with Gasteiger partial charge in [0.25, 0.3) is 0 Å². The van der Waals surface area contributed by atoms with Crippen molar-refractivity contribution in [1.29, 1.82) is 0 Å². The van der Waals surface area contributed by atoms with Gasteiger partial charge in [0.05, 0.1) is 10.7 Å². The Bertz CT molecular complexity index is 1320. The molecular weight excluding hydrogens is 495 g/mol. The Morgan fingerprint density at radius 3 is 2.21 bits per heavy atom. The molecule has 0 radical (unpaired) electrons. The van der Waals surface area contributed by atoms with Gasteiger partial charge in [-0.2, -0.15) is 0 Å². The van der Waals surface area contributed by atoms with Gasteiger partial charge in [-0.1, -0.05) is 72.3 Å². The third-order valence-corrected chi connectivity index (χ3v) is 8.78. The molecule has 1 N–H and O–H groups in total. The van der Waals surface area contributed by atoms with Crippen molar-refractivity contribution in [1.82, 2.24) is 15.1 Å². The minimum Gasteiger partial charge on any atom is -0.368 e. The number of benzene rings is 3. The Balaban J connectivity index is 1.02. The van der Waals surface area contributed by atoms with Crippen molar-refractivity contribution < 1.29 is 4.39 Å². The van der Waals surface area contributed by atoms with E-state index in [1.54, 1.807) is 6.07 Å². The zero-order valence-electron chi connectivity index (χ0n) is 21.4. The summed E-state index contributed by atoms with van der Waals surface area (Å²) in [6.45, 7) is 4.26. The highest BCUT2D eigenvalue weighted by molar-refractivity contribution is 6.33. The Morgan fingerprint density at radius 1 is 0.895 bits per heavy atom. The van der Waals surface area contributed by atoms with E-state index < -0.39 is 0 Å². The number of hydrogen-bond donors (Lipinski definition) is 1. The number of likely N-dealkylation sites (tertiary alicyclic amines) is 1. The quantitative estimate of drug-likeness (QED) is 0.262. The molecule has 1 aromatic heterocycles. The van der Waals surface area contributed by atoms with Crippen LogP contribution < -0.4 is 5.32 Å². The van der Waals surface area contributed by atoms with Gasteiger partial charge in [-0.15, -0.1) is 10.2 Å². The molecule has 4 aromatic rings. The Hall–Kier alpha value is -3.28. The zero-order chi connectivity index (χ0) is 26.0. The number of piperidine rings is 1. The lowest BCUT2D eigenvalue weighted by Gasteiger charge is -2.35. The highest BCUT2D eigenvalue weighted by Crippen LogP contribution is 2.59. The molecule has 1 aliphatic carbocycles. The van der Waals surface area contributed by atoms with Gasteiger partial charge < -0.3 is 10.2 Å². The predicted octanol–water partition coefficient (Wildman–Crippen LogP) is 7.28. The van der Waals surface area contributed by atoms with Gasteiger partial charge in [-0.25, -0.2) is 4.39 Å². The van der Waals surface area contributed by atoms with E-state index >= 15 is 0 Å². The molecule has 1 saturated heterocycles. The Kier molecular flexibility index (Phi) is 7.14. The maximum atomic E-state index is 13.6. The van der Waals surface area contributed by atoms with Gasteiger partial charge in [0.1, 0.15) is 11.6 Å². The number of nitrogens with zero attached hydrogens (tertiary/aromatic N) is 3. The summed E-state index contributed by atoms with van der Waals surface area (Å²) in [6.07, 6.45) is 3.77. The predicted molar refractivity (Wildman–Crippen MR) is 152 cm³/mol. The lowest BCUT2D eigenvalue weighted by atomic mass is 9.87. The summed E-state index contributed by atoms with van der Waals surface area (Å²) in [5.74, 6) is 1.47. The maximum absolute atomic E-state index is 13.6. The summed E-state index contributed by atoms with van der Waals surface area (Å²) < 4.78 is 13.6. The first-order valence-electron chi connectivity index (χ1n) is 13.4. The molecule has 3 aromatic carbocycles. The van der Waals surface area contributed by atoms with Gasteiger partial charge in [-0.05, 0) is 85.1 Å². The highest BCUT2D eigenvalue weighted by atomic mass is 35.5. The van der Waals surface area contributed by atoms with Crippen LogP contribution in [0.1, 0.15) is 36.3 Å². The molecule has 2 fully saturated rings. The standard InChI is InChI=1S/C32H32ClFN4/c33-29-12-11-26(34)19-27(29)30-13-14-31(37-36-30)35-21-25-20-32(25)15-17-38(18-16-32)22-28(23-7-3-1-4-8-23)24-9-5-2-6-10-24/h1-14,19,25,28H,15-18,20-22H2,(H,35,37). The fourth-order valence-corrected chi connectivity index (χ4v) is 6.25. The van der Waals surface area contributed by atoms with E-state index in [1.807, 2.05) is 12.1 Å². The van der Waals surface area contributed by atoms with Gasteiger partial charge in [-0.3, -0.25) is 0 Å². The number of aromatic nitrogens is 2. The van der Waals surface area contributed by atoms with Crippen LogP contribution in [0.2, 0.25) is 5.02 Å². The third kappa shape index (κ3) is 5.45. The van der Waals surface area contributed by atoms with Crippen molar-refractivity contribution >= 4 is 17.4 Å². The number of anilines is 1. The molecule has 1 aliphatic heterocycles. The SMILES string of the molecule is Fc1ccc(Cl)c(-c2ccc(NCC3CC34CCN(CC(c3ccccc3)c3ccccc3)CC4)nn2)c1. The smallest absolute Gasteiger partial charge is 0.148 e. The van der Waals surface area contributed by atoms with Crippen LogP contribution in [-0.4, -0.2) is 41.3 Å². The molecule has 2 heterocycles. The molecule has 2 aliphatic rings. The monoisotopic (exact) mass is 526 g/mol. The van der Waals surface area contributed by atoms with E-state index in [0.717, 1.165) is 32.0 Å². The van der Waals surface area contributed by atoms with E-state index in [0.29, 0.717) is 33.5 Å². The van der Waals surface area contributed by atoms with Crippen LogP contribution in [-0.2, 0) is 0 Å². The molecule has 6 heteroatoms. The molecule has 38 heavy (non-hydrogen) atoms. The van der Waals surface area contributed by atoms with Crippen LogP contribution >= 0.6 is 11.6 Å². The summed E-state index contributed by atoms with van der Waals surface area (Å²) >= 11 is 6.21. The van der Waals surface area contributed by atoms with E-state index in [1.165, 1.54) is 42.5 Å². The summed E-state index contributed by atoms with van der Waals surface area (Å²) in [7, 11) is 0. The second-order valence-electron chi connectivity index (χ2n) is 10.7. The average molecular weight is 527 g/mol. The first-order valence-corrected chi connectivity index (χ1v) is 13.8. The number of hydrogen-bond acceptors (Lipinski definition) is 4. The van der Waals surface area contributed by atoms with Crippen LogP contribution in [0.4, 0.5) is 10.2 Å². The van der Waals surface area contributed by atoms with Crippen LogP contribution in [0, 0.1) is 17.2 Å². The number of halogens is 2. The van der Waals surface area contributed by atoms with Gasteiger partial charge >= 0.3 is 0 Å². The summed E-state index contributed by atoms with van der Waals surface area (Å²) in [5.41, 5.74) is 4.36. The summed E-state index contributed by atoms with van der Waals surface area (Å²) in [6, 6.07) is 29.8. The minimum absolute atomic E-state index is 0.339. The fourth-order valence-electron chi connectivity index (χ4n) is 6.04. The normalized spacial score (nSPS) is 18.6. The molecule has 0 amide bonds. The van der Waals surface area contributed by atoms with Gasteiger partial charge in [0.2, 0.25) is 0 Å². The van der Waals surface area contributed by atoms with Crippen LogP contribution in [0.5, 0.6) is 0 Å². The molecule has 1 atom stereocenters. The molecule has 4 nitrogen and oxygen atoms in total. The second-order valence-corrected chi connectivity index (χ2v) is 11.2. The maximum Gasteiger partial charge on any atom is 0.148 e. The van der Waals surface area contributed by atoms with Crippen LogP contribution in [0.25, 0.3) is 11.3 Å². The van der Waals surface area contributed by atoms with Crippen molar-refractivity contribution in [2.24, 2.45) is 11.3 Å². The first-order chi connectivity index (χ1) is 18.6. The number of rotatable bonds is 8. The third-order valence-electron chi connectivity index (χ3n) is 8.45. The van der Waals surface area contributed by atoms with E-state index in [4.69, 9.17) is 11.6 Å². The van der Waals surface area contributed by atoms with Crippen molar-refractivity contribution in [2.45, 2.75) is 25.2 Å². The Morgan fingerprint density at radius 2 is 1.58 bits per heavy atom. The van der Waals surface area contributed by atoms with E-state index in [9.17, 15) is 4.39 Å². The molecule has 0 bridgehead atoms. The van der Waals surface area contributed by atoms with Gasteiger partial charge in [0, 0.05) is 24.6 Å². The minimum atomic E-state index is -0.339. The molecule has 1 unspecified atom stereocenters. The van der Waals surface area contributed by atoms with Gasteiger partial charge in [0.15, 0.2) is 0 Å². The molecule has 1 spiro atoms. The van der Waals surface area contributed by atoms with Crippen molar-refractivity contribution in [3.63, 3.8) is 0 Å². The summed E-state index contributed by atoms with van der Waals surface area (Å²) in [5, 5.41) is 12.5. The summed E-state index contributed by atoms with van der Waals surface area (Å²) in [4.78, 5) is 2.65. The van der Waals surface area contributed by atoms with Crippen molar-refractivity contribution in [2.75, 3.05) is 31.5 Å². The second kappa shape index (κ2) is 10.8. The highest BCUT2D eigenvalue weighted by Gasteiger charge is 2.54. The van der Waals surface area contributed by atoms with Crippen molar-refractivity contribution in [3.8, 4) is 11.3 Å². The average Bonchev–Trinajstić information content (AvgIpc) is 3.65. The molecule has 6 rings (SSSR count). The fraction of sp³-hybridized carbons (Fsp3) is 0.312. The lowest BCUT2D eigenvalue weighted by molar-refractivity contribution is 0.160. The molecule has 1 saturated carbocycles. The molecule has 194 valence electrons. The first kappa shape index (κ1) is 25.0.